The lowest BCUT2D eigenvalue weighted by Gasteiger charge is -2.28. The quantitative estimate of drug-likeness (QED) is 0.497. The Bertz CT molecular complexity index is 929. The lowest BCUT2D eigenvalue weighted by molar-refractivity contribution is 0.0828. The molecule has 0 spiro atoms. The average Bonchev–Trinajstić information content (AvgIpc) is 2.94. The molecule has 0 atom stereocenters. The molecule has 1 aromatic heterocycles. The highest BCUT2D eigenvalue weighted by Crippen LogP contribution is 2.38. The molecule has 1 aliphatic carbocycles. The molecule has 3 rings (SSSR count). The standard InChI is InChI=1S/C19H20BrN3O4/c1-10-15-13(23-26)8-19(2,3)9-14(15)27-16(10)18(25)22-21-17(24)11-4-6-12(20)7-5-11/h4-7,26H,8-9H2,1-3H3,(H,21,24)(H,22,25)/b23-13-. The molecule has 1 heterocycles. The molecule has 2 amide bonds. The van der Waals surface area contributed by atoms with Crippen LogP contribution in [0, 0.1) is 12.3 Å². The molecule has 1 aliphatic rings. The van der Waals surface area contributed by atoms with E-state index in [4.69, 9.17) is 4.42 Å². The van der Waals surface area contributed by atoms with Crippen LogP contribution >= 0.6 is 15.9 Å². The predicted molar refractivity (Wildman–Crippen MR) is 103 cm³/mol. The van der Waals surface area contributed by atoms with Gasteiger partial charge in [-0.25, -0.2) is 0 Å². The third-order valence-corrected chi connectivity index (χ3v) is 5.04. The zero-order chi connectivity index (χ0) is 19.8. The van der Waals surface area contributed by atoms with Crippen LogP contribution in [-0.2, 0) is 6.42 Å². The first-order valence-corrected chi connectivity index (χ1v) is 9.21. The maximum absolute atomic E-state index is 12.5. The van der Waals surface area contributed by atoms with Crippen molar-refractivity contribution in [3.8, 4) is 0 Å². The summed E-state index contributed by atoms with van der Waals surface area (Å²) in [6.07, 6.45) is 1.21. The van der Waals surface area contributed by atoms with Crippen LogP contribution in [0.25, 0.3) is 0 Å². The van der Waals surface area contributed by atoms with Crippen LogP contribution in [-0.4, -0.2) is 22.7 Å². The molecule has 0 aliphatic heterocycles. The third-order valence-electron chi connectivity index (χ3n) is 4.52. The van der Waals surface area contributed by atoms with Gasteiger partial charge in [-0.2, -0.15) is 0 Å². The highest BCUT2D eigenvalue weighted by molar-refractivity contribution is 9.10. The summed E-state index contributed by atoms with van der Waals surface area (Å²) >= 11 is 3.30. The normalized spacial score (nSPS) is 16.7. The van der Waals surface area contributed by atoms with Crippen molar-refractivity contribution < 1.29 is 19.2 Å². The van der Waals surface area contributed by atoms with Crippen molar-refractivity contribution in [2.45, 2.75) is 33.6 Å². The molecule has 0 fully saturated rings. The Labute approximate surface area is 164 Å². The van der Waals surface area contributed by atoms with Gasteiger partial charge in [-0.05, 0) is 43.0 Å². The van der Waals surface area contributed by atoms with Gasteiger partial charge in [-0.15, -0.1) is 0 Å². The number of oxime groups is 1. The summed E-state index contributed by atoms with van der Waals surface area (Å²) < 4.78 is 6.61. The monoisotopic (exact) mass is 433 g/mol. The van der Waals surface area contributed by atoms with Gasteiger partial charge in [0, 0.05) is 27.6 Å². The smallest absolute Gasteiger partial charge is 0.305 e. The molecule has 142 valence electrons. The first-order chi connectivity index (χ1) is 12.7. The van der Waals surface area contributed by atoms with E-state index in [2.05, 4.69) is 31.9 Å². The van der Waals surface area contributed by atoms with Crippen molar-refractivity contribution in [1.82, 2.24) is 10.9 Å². The number of halogens is 1. The topological polar surface area (TPSA) is 104 Å². The van der Waals surface area contributed by atoms with Crippen LogP contribution < -0.4 is 10.9 Å². The number of carbonyl (C=O) groups excluding carboxylic acids is 2. The summed E-state index contributed by atoms with van der Waals surface area (Å²) in [7, 11) is 0. The van der Waals surface area contributed by atoms with Gasteiger partial charge < -0.3 is 9.62 Å². The van der Waals surface area contributed by atoms with Crippen molar-refractivity contribution >= 4 is 33.5 Å². The second-order valence-electron chi connectivity index (χ2n) is 7.33. The summed E-state index contributed by atoms with van der Waals surface area (Å²) in [6, 6.07) is 6.74. The van der Waals surface area contributed by atoms with E-state index in [-0.39, 0.29) is 11.2 Å². The molecule has 2 aromatic rings. The van der Waals surface area contributed by atoms with Crippen molar-refractivity contribution in [3.63, 3.8) is 0 Å². The Morgan fingerprint density at radius 3 is 2.41 bits per heavy atom. The lowest BCUT2D eigenvalue weighted by Crippen LogP contribution is -2.41. The third kappa shape index (κ3) is 3.90. The predicted octanol–water partition coefficient (Wildman–Crippen LogP) is 3.58. The Balaban J connectivity index is 1.77. The summed E-state index contributed by atoms with van der Waals surface area (Å²) in [6.45, 7) is 5.81. The Kier molecular flexibility index (Phi) is 5.10. The SMILES string of the molecule is Cc1c(C(=O)NNC(=O)c2ccc(Br)cc2)oc2c1/C(=N\O)CC(C)(C)C2. The molecular formula is C19H20BrN3O4. The minimum absolute atomic E-state index is 0.0926. The van der Waals surface area contributed by atoms with Gasteiger partial charge in [-0.1, -0.05) is 34.9 Å². The van der Waals surface area contributed by atoms with E-state index in [0.717, 1.165) is 4.47 Å². The van der Waals surface area contributed by atoms with E-state index in [0.29, 0.717) is 41.0 Å². The second kappa shape index (κ2) is 7.19. The summed E-state index contributed by atoms with van der Waals surface area (Å²) in [4.78, 5) is 24.6. The Morgan fingerprint density at radius 2 is 1.78 bits per heavy atom. The fourth-order valence-electron chi connectivity index (χ4n) is 3.26. The van der Waals surface area contributed by atoms with E-state index in [1.165, 1.54) is 0 Å². The number of hydrogen-bond donors (Lipinski definition) is 3. The zero-order valence-electron chi connectivity index (χ0n) is 15.2. The fraction of sp³-hybridized carbons (Fsp3) is 0.316. The van der Waals surface area contributed by atoms with Gasteiger partial charge in [0.1, 0.15) is 5.76 Å². The first-order valence-electron chi connectivity index (χ1n) is 8.41. The first kappa shape index (κ1) is 19.2. The number of carbonyl (C=O) groups is 2. The molecule has 0 radical (unpaired) electrons. The molecule has 0 unspecified atom stereocenters. The number of nitrogens with one attached hydrogen (secondary N) is 2. The van der Waals surface area contributed by atoms with Crippen molar-refractivity contribution in [2.75, 3.05) is 0 Å². The van der Waals surface area contributed by atoms with Gasteiger partial charge in [0.25, 0.3) is 5.91 Å². The maximum Gasteiger partial charge on any atom is 0.305 e. The molecule has 3 N–H and O–H groups in total. The van der Waals surface area contributed by atoms with Crippen LogP contribution in [0.15, 0.2) is 38.3 Å². The van der Waals surface area contributed by atoms with E-state index in [9.17, 15) is 14.8 Å². The van der Waals surface area contributed by atoms with Crippen LogP contribution in [0.1, 0.15) is 58.1 Å². The molecule has 27 heavy (non-hydrogen) atoms. The Hall–Kier alpha value is -2.61. The fourth-order valence-corrected chi connectivity index (χ4v) is 3.52. The van der Waals surface area contributed by atoms with E-state index < -0.39 is 11.8 Å². The molecule has 0 saturated heterocycles. The van der Waals surface area contributed by atoms with E-state index in [1.807, 2.05) is 13.8 Å². The second-order valence-corrected chi connectivity index (χ2v) is 8.25. The highest BCUT2D eigenvalue weighted by atomic mass is 79.9. The van der Waals surface area contributed by atoms with Crippen LogP contribution in [0.4, 0.5) is 0 Å². The zero-order valence-corrected chi connectivity index (χ0v) is 16.8. The van der Waals surface area contributed by atoms with Crippen molar-refractivity contribution in [3.05, 3.63) is 56.9 Å². The number of benzene rings is 1. The number of rotatable bonds is 2. The average molecular weight is 434 g/mol. The number of amides is 2. The molecular weight excluding hydrogens is 414 g/mol. The van der Waals surface area contributed by atoms with Gasteiger partial charge in [0.2, 0.25) is 0 Å². The number of hydrazine groups is 1. The van der Waals surface area contributed by atoms with Crippen molar-refractivity contribution in [2.24, 2.45) is 10.6 Å². The van der Waals surface area contributed by atoms with Gasteiger partial charge >= 0.3 is 5.91 Å². The summed E-state index contributed by atoms with van der Waals surface area (Å²) in [5, 5.41) is 12.7. The summed E-state index contributed by atoms with van der Waals surface area (Å²) in [5.41, 5.74) is 6.77. The minimum atomic E-state index is -0.567. The van der Waals surface area contributed by atoms with Gasteiger partial charge in [-0.3, -0.25) is 20.4 Å². The number of fused-ring (bicyclic) bond motifs is 1. The van der Waals surface area contributed by atoms with Crippen LogP contribution in [0.3, 0.4) is 0 Å². The number of nitrogens with zero attached hydrogens (tertiary/aromatic N) is 1. The largest absolute Gasteiger partial charge is 0.455 e. The minimum Gasteiger partial charge on any atom is -0.455 e. The number of furan rings is 1. The van der Waals surface area contributed by atoms with Crippen LogP contribution in [0.2, 0.25) is 0 Å². The van der Waals surface area contributed by atoms with E-state index in [1.54, 1.807) is 31.2 Å². The Morgan fingerprint density at radius 1 is 1.15 bits per heavy atom. The molecule has 1 aromatic carbocycles. The lowest BCUT2D eigenvalue weighted by atomic mass is 9.75. The van der Waals surface area contributed by atoms with Gasteiger partial charge in [0.05, 0.1) is 5.71 Å². The molecule has 7 nitrogen and oxygen atoms in total. The summed E-state index contributed by atoms with van der Waals surface area (Å²) in [5.74, 6) is -0.304. The number of hydrogen-bond acceptors (Lipinski definition) is 5. The van der Waals surface area contributed by atoms with Crippen LogP contribution in [0.5, 0.6) is 0 Å². The van der Waals surface area contributed by atoms with Crippen molar-refractivity contribution in [1.29, 1.82) is 0 Å². The maximum atomic E-state index is 12.5. The molecule has 0 saturated carbocycles. The molecule has 8 heteroatoms. The van der Waals surface area contributed by atoms with E-state index >= 15 is 0 Å². The highest BCUT2D eigenvalue weighted by Gasteiger charge is 2.36. The van der Waals surface area contributed by atoms with Gasteiger partial charge in [0.15, 0.2) is 5.76 Å². The molecule has 0 bridgehead atoms.